The molecule has 3 nitrogen and oxygen atoms in total. The van der Waals surface area contributed by atoms with E-state index in [-0.39, 0.29) is 0 Å². The Labute approximate surface area is 117 Å². The van der Waals surface area contributed by atoms with Crippen LogP contribution in [0.4, 0.5) is 5.69 Å². The molecule has 2 aromatic carbocycles. The maximum Gasteiger partial charge on any atom is 0.139 e. The van der Waals surface area contributed by atoms with E-state index in [1.165, 1.54) is 0 Å². The van der Waals surface area contributed by atoms with E-state index < -0.39 is 0 Å². The molecule has 0 spiro atoms. The van der Waals surface area contributed by atoms with Gasteiger partial charge in [0.15, 0.2) is 0 Å². The van der Waals surface area contributed by atoms with Crippen LogP contribution in [0.15, 0.2) is 40.9 Å². The van der Waals surface area contributed by atoms with E-state index in [4.69, 9.17) is 17.3 Å². The molecule has 0 bridgehead atoms. The lowest BCUT2D eigenvalue weighted by molar-refractivity contribution is 1.33. The summed E-state index contributed by atoms with van der Waals surface area (Å²) in [7, 11) is 0. The minimum Gasteiger partial charge on any atom is -0.399 e. The summed E-state index contributed by atoms with van der Waals surface area (Å²) in [5.41, 5.74) is 9.10. The molecule has 1 heterocycles. The van der Waals surface area contributed by atoms with E-state index in [1.54, 1.807) is 0 Å². The summed E-state index contributed by atoms with van der Waals surface area (Å²) in [6.07, 6.45) is 0. The van der Waals surface area contributed by atoms with Crippen LogP contribution >= 0.6 is 27.5 Å². The summed E-state index contributed by atoms with van der Waals surface area (Å²) in [6.45, 7) is 0. The van der Waals surface area contributed by atoms with E-state index in [2.05, 4.69) is 25.9 Å². The molecule has 0 unspecified atom stereocenters. The monoisotopic (exact) mass is 321 g/mol. The Morgan fingerprint density at radius 1 is 1.17 bits per heavy atom. The molecule has 0 amide bonds. The van der Waals surface area contributed by atoms with Gasteiger partial charge in [-0.3, -0.25) is 0 Å². The molecule has 90 valence electrons. The van der Waals surface area contributed by atoms with Crippen molar-refractivity contribution < 1.29 is 0 Å². The Kier molecular flexibility index (Phi) is 2.76. The van der Waals surface area contributed by atoms with Gasteiger partial charge in [0, 0.05) is 15.7 Å². The Morgan fingerprint density at radius 2 is 2.00 bits per heavy atom. The number of halogens is 2. The van der Waals surface area contributed by atoms with E-state index in [1.807, 2.05) is 36.4 Å². The number of hydrogen-bond acceptors (Lipinski definition) is 2. The van der Waals surface area contributed by atoms with Gasteiger partial charge in [0.1, 0.15) is 5.82 Å². The molecule has 0 fully saturated rings. The number of rotatable bonds is 1. The minimum atomic E-state index is 0.649. The predicted octanol–water partition coefficient (Wildman–Crippen LogP) is 4.23. The summed E-state index contributed by atoms with van der Waals surface area (Å²) >= 11 is 9.59. The lowest BCUT2D eigenvalue weighted by Gasteiger charge is -2.00. The summed E-state index contributed by atoms with van der Waals surface area (Å²) in [6, 6.07) is 11.3. The number of nitrogens with zero attached hydrogens (tertiary/aromatic N) is 1. The van der Waals surface area contributed by atoms with E-state index in [0.29, 0.717) is 10.7 Å². The highest BCUT2D eigenvalue weighted by atomic mass is 79.9. The molecular formula is C13H9BrClN3. The van der Waals surface area contributed by atoms with Crippen molar-refractivity contribution in [1.29, 1.82) is 0 Å². The molecule has 3 aromatic rings. The zero-order valence-corrected chi connectivity index (χ0v) is 11.6. The first-order valence-electron chi connectivity index (χ1n) is 5.34. The van der Waals surface area contributed by atoms with E-state index in [9.17, 15) is 0 Å². The number of nitrogens with one attached hydrogen (secondary N) is 1. The Hall–Kier alpha value is -1.52. The summed E-state index contributed by atoms with van der Waals surface area (Å²) < 4.78 is 0.941. The number of imidazole rings is 1. The molecule has 0 aliphatic rings. The van der Waals surface area contributed by atoms with Crippen molar-refractivity contribution in [2.24, 2.45) is 0 Å². The van der Waals surface area contributed by atoms with Gasteiger partial charge < -0.3 is 10.7 Å². The van der Waals surface area contributed by atoms with Crippen LogP contribution in [0.5, 0.6) is 0 Å². The molecule has 0 radical (unpaired) electrons. The number of anilines is 1. The largest absolute Gasteiger partial charge is 0.399 e. The van der Waals surface area contributed by atoms with Crippen LogP contribution in [-0.4, -0.2) is 9.97 Å². The Bertz CT molecular complexity index is 736. The second-order valence-electron chi connectivity index (χ2n) is 3.99. The summed E-state index contributed by atoms with van der Waals surface area (Å²) in [4.78, 5) is 7.73. The summed E-state index contributed by atoms with van der Waals surface area (Å²) in [5.74, 6) is 0.744. The highest BCUT2D eigenvalue weighted by Crippen LogP contribution is 2.30. The van der Waals surface area contributed by atoms with Crippen molar-refractivity contribution in [3.63, 3.8) is 0 Å². The van der Waals surface area contributed by atoms with E-state index >= 15 is 0 Å². The normalized spacial score (nSPS) is 11.0. The third-order valence-electron chi connectivity index (χ3n) is 2.69. The third kappa shape index (κ3) is 1.98. The number of nitrogens with two attached hydrogens (primary N) is 1. The second kappa shape index (κ2) is 4.30. The molecular weight excluding hydrogens is 314 g/mol. The van der Waals surface area contributed by atoms with Gasteiger partial charge in [-0.15, -0.1) is 0 Å². The van der Waals surface area contributed by atoms with Gasteiger partial charge in [0.25, 0.3) is 0 Å². The number of aromatic nitrogens is 2. The number of aromatic amines is 1. The molecule has 0 atom stereocenters. The lowest BCUT2D eigenvalue weighted by Crippen LogP contribution is -1.82. The minimum absolute atomic E-state index is 0.649. The van der Waals surface area contributed by atoms with Crippen LogP contribution in [0.3, 0.4) is 0 Å². The number of fused-ring (bicyclic) bond motifs is 1. The standard InChI is InChI=1S/C13H9BrClN3/c14-7-1-3-9(10(15)5-7)13-17-11-4-2-8(16)6-12(11)18-13/h1-6H,16H2,(H,17,18). The van der Waals surface area contributed by atoms with Crippen molar-refractivity contribution in [2.45, 2.75) is 0 Å². The van der Waals surface area contributed by atoms with Crippen LogP contribution < -0.4 is 5.73 Å². The van der Waals surface area contributed by atoms with Gasteiger partial charge in [-0.2, -0.15) is 0 Å². The second-order valence-corrected chi connectivity index (χ2v) is 5.31. The molecule has 3 N–H and O–H groups in total. The number of nitrogen functional groups attached to an aromatic ring is 1. The first-order chi connectivity index (χ1) is 8.63. The first kappa shape index (κ1) is 11.6. The van der Waals surface area contributed by atoms with Gasteiger partial charge in [-0.05, 0) is 36.4 Å². The average molecular weight is 323 g/mol. The van der Waals surface area contributed by atoms with Crippen LogP contribution in [-0.2, 0) is 0 Å². The molecule has 5 heteroatoms. The molecule has 1 aromatic heterocycles. The zero-order valence-electron chi connectivity index (χ0n) is 9.24. The number of hydrogen-bond donors (Lipinski definition) is 2. The molecule has 18 heavy (non-hydrogen) atoms. The van der Waals surface area contributed by atoms with Crippen molar-refractivity contribution in [3.8, 4) is 11.4 Å². The molecule has 0 aliphatic heterocycles. The van der Waals surface area contributed by atoms with Gasteiger partial charge in [0.05, 0.1) is 16.1 Å². The van der Waals surface area contributed by atoms with Gasteiger partial charge >= 0.3 is 0 Å². The fraction of sp³-hybridized carbons (Fsp3) is 0. The highest BCUT2D eigenvalue weighted by Gasteiger charge is 2.09. The van der Waals surface area contributed by atoms with Crippen molar-refractivity contribution in [3.05, 3.63) is 45.9 Å². The maximum atomic E-state index is 6.21. The lowest BCUT2D eigenvalue weighted by atomic mass is 10.2. The van der Waals surface area contributed by atoms with Crippen molar-refractivity contribution >= 4 is 44.3 Å². The fourth-order valence-corrected chi connectivity index (χ4v) is 2.60. The molecule has 0 saturated heterocycles. The van der Waals surface area contributed by atoms with Crippen molar-refractivity contribution in [1.82, 2.24) is 9.97 Å². The third-order valence-corrected chi connectivity index (χ3v) is 3.50. The SMILES string of the molecule is Nc1ccc2nc(-c3ccc(Br)cc3Cl)[nH]c2c1. The Balaban J connectivity index is 2.19. The smallest absolute Gasteiger partial charge is 0.139 e. The van der Waals surface area contributed by atoms with E-state index in [0.717, 1.165) is 26.9 Å². The Morgan fingerprint density at radius 3 is 2.78 bits per heavy atom. The van der Waals surface area contributed by atoms with Crippen LogP contribution in [0.25, 0.3) is 22.4 Å². The van der Waals surface area contributed by atoms with Gasteiger partial charge in [-0.25, -0.2) is 4.98 Å². The number of H-pyrrole nitrogens is 1. The van der Waals surface area contributed by atoms with Crippen molar-refractivity contribution in [2.75, 3.05) is 5.73 Å². The topological polar surface area (TPSA) is 54.7 Å². The molecule has 0 aliphatic carbocycles. The van der Waals surface area contributed by atoms with Gasteiger partial charge in [0.2, 0.25) is 0 Å². The average Bonchev–Trinajstić information content (AvgIpc) is 2.71. The summed E-state index contributed by atoms with van der Waals surface area (Å²) in [5, 5.41) is 0.649. The zero-order chi connectivity index (χ0) is 12.7. The number of benzene rings is 2. The van der Waals surface area contributed by atoms with Gasteiger partial charge in [-0.1, -0.05) is 27.5 Å². The first-order valence-corrected chi connectivity index (χ1v) is 6.51. The highest BCUT2D eigenvalue weighted by molar-refractivity contribution is 9.10. The quantitative estimate of drug-likeness (QED) is 0.659. The molecule has 3 rings (SSSR count). The predicted molar refractivity (Wildman–Crippen MR) is 78.7 cm³/mol. The molecule has 0 saturated carbocycles. The fourth-order valence-electron chi connectivity index (χ4n) is 1.84. The van der Waals surface area contributed by atoms with Crippen LogP contribution in [0.2, 0.25) is 5.02 Å². The maximum absolute atomic E-state index is 6.21. The van der Waals surface area contributed by atoms with Crippen LogP contribution in [0.1, 0.15) is 0 Å². The van der Waals surface area contributed by atoms with Crippen LogP contribution in [0, 0.1) is 0 Å².